The van der Waals surface area contributed by atoms with Crippen LogP contribution < -0.4 is 5.73 Å². The number of hydrogen-bond acceptors (Lipinski definition) is 3. The fourth-order valence-electron chi connectivity index (χ4n) is 1.11. The first-order chi connectivity index (χ1) is 6.68. The molecule has 0 radical (unpaired) electrons. The van der Waals surface area contributed by atoms with Crippen molar-refractivity contribution < 1.29 is 8.78 Å². The van der Waals surface area contributed by atoms with Crippen LogP contribution in [0.25, 0.3) is 11.3 Å². The fourth-order valence-corrected chi connectivity index (χ4v) is 1.68. The Morgan fingerprint density at radius 2 is 2.07 bits per heavy atom. The van der Waals surface area contributed by atoms with Gasteiger partial charge in [0, 0.05) is 10.9 Å². The first kappa shape index (κ1) is 9.08. The summed E-state index contributed by atoms with van der Waals surface area (Å²) in [6.45, 7) is 0. The van der Waals surface area contributed by atoms with Crippen molar-refractivity contribution in [2.75, 3.05) is 5.73 Å². The lowest BCUT2D eigenvalue weighted by atomic mass is 10.1. The van der Waals surface area contributed by atoms with Gasteiger partial charge in [0.25, 0.3) is 0 Å². The molecule has 72 valence electrons. The number of thiazole rings is 1. The average Bonchev–Trinajstić information content (AvgIpc) is 2.57. The highest BCUT2D eigenvalue weighted by Gasteiger charge is 2.11. The Bertz CT molecular complexity index is 468. The molecule has 2 N–H and O–H groups in total. The van der Waals surface area contributed by atoms with Gasteiger partial charge in [0.05, 0.1) is 5.69 Å². The van der Waals surface area contributed by atoms with Gasteiger partial charge in [0.2, 0.25) is 0 Å². The molecular formula is C9H6F2N2S. The van der Waals surface area contributed by atoms with E-state index in [1.165, 1.54) is 23.5 Å². The summed E-state index contributed by atoms with van der Waals surface area (Å²) in [5.74, 6) is -1.77. The summed E-state index contributed by atoms with van der Waals surface area (Å²) in [7, 11) is 0. The molecule has 2 aromatic rings. The molecule has 0 saturated carbocycles. The molecule has 5 heteroatoms. The topological polar surface area (TPSA) is 38.9 Å². The van der Waals surface area contributed by atoms with E-state index >= 15 is 0 Å². The lowest BCUT2D eigenvalue weighted by Gasteiger charge is -1.98. The number of halogens is 2. The monoisotopic (exact) mass is 212 g/mol. The van der Waals surface area contributed by atoms with Crippen molar-refractivity contribution in [3.8, 4) is 11.3 Å². The van der Waals surface area contributed by atoms with Crippen molar-refractivity contribution in [2.24, 2.45) is 0 Å². The molecule has 2 rings (SSSR count). The standard InChI is InChI=1S/C9H6F2N2S/c10-6-3-1-2-5(8(6)11)7-4-14-9(12)13-7/h1-4H,(H2,12,13). The predicted molar refractivity (Wildman–Crippen MR) is 51.9 cm³/mol. The number of nitrogen functional groups attached to an aromatic ring is 1. The van der Waals surface area contributed by atoms with Crippen LogP contribution in [-0.4, -0.2) is 4.98 Å². The molecule has 0 bridgehead atoms. The molecule has 0 aliphatic rings. The van der Waals surface area contributed by atoms with Crippen molar-refractivity contribution in [2.45, 2.75) is 0 Å². The largest absolute Gasteiger partial charge is 0.375 e. The summed E-state index contributed by atoms with van der Waals surface area (Å²) in [5, 5.41) is 1.93. The molecule has 0 fully saturated rings. The zero-order valence-electron chi connectivity index (χ0n) is 7.00. The van der Waals surface area contributed by atoms with Gasteiger partial charge in [-0.05, 0) is 12.1 Å². The minimum Gasteiger partial charge on any atom is -0.375 e. The van der Waals surface area contributed by atoms with Gasteiger partial charge in [-0.2, -0.15) is 0 Å². The quantitative estimate of drug-likeness (QED) is 0.789. The molecule has 1 aromatic heterocycles. The van der Waals surface area contributed by atoms with Gasteiger partial charge in [-0.3, -0.25) is 0 Å². The normalized spacial score (nSPS) is 10.4. The summed E-state index contributed by atoms with van der Waals surface area (Å²) in [6.07, 6.45) is 0. The minimum absolute atomic E-state index is 0.137. The van der Waals surface area contributed by atoms with E-state index in [0.717, 1.165) is 6.07 Å². The lowest BCUT2D eigenvalue weighted by molar-refractivity contribution is 0.511. The van der Waals surface area contributed by atoms with Crippen molar-refractivity contribution in [3.63, 3.8) is 0 Å². The zero-order valence-corrected chi connectivity index (χ0v) is 7.81. The Kier molecular flexibility index (Phi) is 2.17. The number of nitrogens with two attached hydrogens (primary N) is 1. The van der Waals surface area contributed by atoms with Gasteiger partial charge in [0.1, 0.15) is 0 Å². The van der Waals surface area contributed by atoms with Gasteiger partial charge in [0.15, 0.2) is 16.8 Å². The highest BCUT2D eigenvalue weighted by atomic mass is 32.1. The molecule has 0 unspecified atom stereocenters. The number of nitrogens with zero attached hydrogens (tertiary/aromatic N) is 1. The third-order valence-electron chi connectivity index (χ3n) is 1.75. The Hall–Kier alpha value is -1.49. The fraction of sp³-hybridized carbons (Fsp3) is 0. The van der Waals surface area contributed by atoms with E-state index < -0.39 is 11.6 Å². The molecule has 1 aromatic carbocycles. The summed E-state index contributed by atoms with van der Waals surface area (Å²) in [5.41, 5.74) is 5.90. The van der Waals surface area contributed by atoms with E-state index in [-0.39, 0.29) is 5.56 Å². The van der Waals surface area contributed by atoms with Crippen LogP contribution in [0.2, 0.25) is 0 Å². The number of aromatic nitrogens is 1. The second-order valence-corrected chi connectivity index (χ2v) is 3.56. The third kappa shape index (κ3) is 1.46. The van der Waals surface area contributed by atoms with E-state index in [1.807, 2.05) is 0 Å². The number of benzene rings is 1. The van der Waals surface area contributed by atoms with Gasteiger partial charge < -0.3 is 5.73 Å². The van der Waals surface area contributed by atoms with Crippen LogP contribution in [0.1, 0.15) is 0 Å². The molecule has 14 heavy (non-hydrogen) atoms. The SMILES string of the molecule is Nc1nc(-c2cccc(F)c2F)cs1. The summed E-state index contributed by atoms with van der Waals surface area (Å²) >= 11 is 1.19. The molecular weight excluding hydrogens is 206 g/mol. The molecule has 2 nitrogen and oxygen atoms in total. The van der Waals surface area contributed by atoms with Crippen LogP contribution in [0.3, 0.4) is 0 Å². The summed E-state index contributed by atoms with van der Waals surface area (Å²) in [6, 6.07) is 3.96. The maximum atomic E-state index is 13.2. The van der Waals surface area contributed by atoms with Crippen LogP contribution >= 0.6 is 11.3 Å². The lowest BCUT2D eigenvalue weighted by Crippen LogP contribution is -1.89. The highest BCUT2D eigenvalue weighted by Crippen LogP contribution is 2.26. The average molecular weight is 212 g/mol. The van der Waals surface area contributed by atoms with Crippen molar-refractivity contribution >= 4 is 16.5 Å². The van der Waals surface area contributed by atoms with E-state index in [4.69, 9.17) is 5.73 Å². The van der Waals surface area contributed by atoms with Gasteiger partial charge in [-0.1, -0.05) is 6.07 Å². The molecule has 0 aliphatic carbocycles. The first-order valence-corrected chi connectivity index (χ1v) is 4.72. The Morgan fingerprint density at radius 1 is 1.29 bits per heavy atom. The first-order valence-electron chi connectivity index (χ1n) is 3.84. The van der Waals surface area contributed by atoms with E-state index in [0.29, 0.717) is 10.8 Å². The second kappa shape index (κ2) is 3.34. The van der Waals surface area contributed by atoms with Crippen LogP contribution in [0, 0.1) is 11.6 Å². The molecule has 0 spiro atoms. The predicted octanol–water partition coefficient (Wildman–Crippen LogP) is 2.67. The van der Waals surface area contributed by atoms with E-state index in [9.17, 15) is 8.78 Å². The smallest absolute Gasteiger partial charge is 0.180 e. The molecule has 1 heterocycles. The maximum absolute atomic E-state index is 13.2. The Labute approximate surface area is 83.0 Å². The van der Waals surface area contributed by atoms with Crippen molar-refractivity contribution in [1.82, 2.24) is 4.98 Å². The minimum atomic E-state index is -0.891. The van der Waals surface area contributed by atoms with Crippen molar-refractivity contribution in [1.29, 1.82) is 0 Å². The van der Waals surface area contributed by atoms with Gasteiger partial charge in [-0.15, -0.1) is 11.3 Å². The number of anilines is 1. The van der Waals surface area contributed by atoms with E-state index in [1.54, 1.807) is 5.38 Å². The second-order valence-electron chi connectivity index (χ2n) is 2.67. The highest BCUT2D eigenvalue weighted by molar-refractivity contribution is 7.13. The van der Waals surface area contributed by atoms with Gasteiger partial charge in [-0.25, -0.2) is 13.8 Å². The summed E-state index contributed by atoms with van der Waals surface area (Å²) in [4.78, 5) is 3.87. The molecule has 0 saturated heterocycles. The number of hydrogen-bond donors (Lipinski definition) is 1. The van der Waals surface area contributed by atoms with Crippen LogP contribution in [0.5, 0.6) is 0 Å². The molecule has 0 amide bonds. The maximum Gasteiger partial charge on any atom is 0.180 e. The van der Waals surface area contributed by atoms with E-state index in [2.05, 4.69) is 4.98 Å². The third-order valence-corrected chi connectivity index (χ3v) is 2.42. The Morgan fingerprint density at radius 3 is 2.71 bits per heavy atom. The Balaban J connectivity index is 2.57. The van der Waals surface area contributed by atoms with Crippen molar-refractivity contribution in [3.05, 3.63) is 35.2 Å². The van der Waals surface area contributed by atoms with Crippen LogP contribution in [0.4, 0.5) is 13.9 Å². The molecule has 0 aliphatic heterocycles. The zero-order chi connectivity index (χ0) is 10.1. The van der Waals surface area contributed by atoms with Crippen LogP contribution in [-0.2, 0) is 0 Å². The van der Waals surface area contributed by atoms with Gasteiger partial charge >= 0.3 is 0 Å². The number of rotatable bonds is 1. The summed E-state index contributed by atoms with van der Waals surface area (Å²) < 4.78 is 26.1. The van der Waals surface area contributed by atoms with Crippen LogP contribution in [0.15, 0.2) is 23.6 Å². The molecule has 0 atom stereocenters.